The SMILES string of the molecule is CN(Cc1cccc(F)c1Cl)C1CCCCC1Cl. The fraction of sp³-hybridized carbons (Fsp3) is 0.571. The number of hydrogen-bond acceptors (Lipinski definition) is 1. The fourth-order valence-corrected chi connectivity index (χ4v) is 3.28. The molecule has 0 aliphatic heterocycles. The number of alkyl halides is 1. The van der Waals surface area contributed by atoms with Crippen LogP contribution in [0.3, 0.4) is 0 Å². The van der Waals surface area contributed by atoms with Crippen molar-refractivity contribution in [2.75, 3.05) is 7.05 Å². The topological polar surface area (TPSA) is 3.24 Å². The highest BCUT2D eigenvalue weighted by atomic mass is 35.5. The van der Waals surface area contributed by atoms with E-state index in [1.165, 1.54) is 18.9 Å². The Labute approximate surface area is 118 Å². The van der Waals surface area contributed by atoms with Gasteiger partial charge in [0, 0.05) is 18.0 Å². The molecule has 1 saturated carbocycles. The van der Waals surface area contributed by atoms with Gasteiger partial charge >= 0.3 is 0 Å². The fourth-order valence-electron chi connectivity index (χ4n) is 2.62. The highest BCUT2D eigenvalue weighted by molar-refractivity contribution is 6.31. The quantitative estimate of drug-likeness (QED) is 0.743. The van der Waals surface area contributed by atoms with E-state index in [4.69, 9.17) is 23.2 Å². The van der Waals surface area contributed by atoms with Gasteiger partial charge in [-0.1, -0.05) is 36.6 Å². The Morgan fingerprint density at radius 3 is 2.78 bits per heavy atom. The maximum Gasteiger partial charge on any atom is 0.142 e. The van der Waals surface area contributed by atoms with Crippen LogP contribution in [0, 0.1) is 5.82 Å². The van der Waals surface area contributed by atoms with Gasteiger partial charge in [0.05, 0.1) is 5.02 Å². The maximum absolute atomic E-state index is 13.4. The third kappa shape index (κ3) is 3.17. The zero-order valence-electron chi connectivity index (χ0n) is 10.5. The Balaban J connectivity index is 2.06. The summed E-state index contributed by atoms with van der Waals surface area (Å²) in [7, 11) is 2.03. The second-order valence-electron chi connectivity index (χ2n) is 5.00. The van der Waals surface area contributed by atoms with E-state index >= 15 is 0 Å². The summed E-state index contributed by atoms with van der Waals surface area (Å²) in [5.74, 6) is -0.353. The van der Waals surface area contributed by atoms with Crippen molar-refractivity contribution in [1.29, 1.82) is 0 Å². The molecule has 0 radical (unpaired) electrons. The summed E-state index contributed by atoms with van der Waals surface area (Å²) in [6.45, 7) is 0.643. The molecule has 1 aliphatic carbocycles. The van der Waals surface area contributed by atoms with Gasteiger partial charge < -0.3 is 0 Å². The molecule has 2 unspecified atom stereocenters. The van der Waals surface area contributed by atoms with Crippen molar-refractivity contribution in [3.8, 4) is 0 Å². The van der Waals surface area contributed by atoms with Crippen molar-refractivity contribution >= 4 is 23.2 Å². The maximum atomic E-state index is 13.4. The molecule has 0 N–H and O–H groups in total. The number of rotatable bonds is 3. The standard InChI is InChI=1S/C14H18Cl2FN/c1-18(13-8-3-2-6-11(13)15)9-10-5-4-7-12(17)14(10)16/h4-5,7,11,13H,2-3,6,8-9H2,1H3. The third-order valence-corrected chi connectivity index (χ3v) is 4.60. The lowest BCUT2D eigenvalue weighted by Crippen LogP contribution is -2.40. The summed E-state index contributed by atoms with van der Waals surface area (Å²) >= 11 is 12.3. The second-order valence-corrected chi connectivity index (χ2v) is 5.93. The number of benzene rings is 1. The van der Waals surface area contributed by atoms with E-state index in [0.29, 0.717) is 12.6 Å². The minimum absolute atomic E-state index is 0.191. The normalized spacial score (nSPS) is 24.5. The molecule has 1 aliphatic rings. The van der Waals surface area contributed by atoms with Gasteiger partial charge in [-0.05, 0) is 31.5 Å². The molecule has 2 atom stereocenters. The van der Waals surface area contributed by atoms with Crippen molar-refractivity contribution in [3.05, 3.63) is 34.6 Å². The van der Waals surface area contributed by atoms with E-state index in [0.717, 1.165) is 18.4 Å². The van der Waals surface area contributed by atoms with Crippen LogP contribution in [-0.2, 0) is 6.54 Å². The Morgan fingerprint density at radius 1 is 1.33 bits per heavy atom. The van der Waals surface area contributed by atoms with Crippen molar-refractivity contribution < 1.29 is 4.39 Å². The van der Waals surface area contributed by atoms with Crippen LogP contribution in [0.1, 0.15) is 31.2 Å². The lowest BCUT2D eigenvalue weighted by molar-refractivity contribution is 0.188. The predicted molar refractivity (Wildman–Crippen MR) is 74.8 cm³/mol. The molecule has 1 aromatic rings. The molecule has 1 aromatic carbocycles. The lowest BCUT2D eigenvalue weighted by atomic mass is 9.93. The molecule has 0 heterocycles. The van der Waals surface area contributed by atoms with Gasteiger partial charge in [0.1, 0.15) is 5.82 Å². The zero-order chi connectivity index (χ0) is 13.1. The van der Waals surface area contributed by atoms with Crippen molar-refractivity contribution in [2.45, 2.75) is 43.6 Å². The Morgan fingerprint density at radius 2 is 2.06 bits per heavy atom. The number of halogens is 3. The largest absolute Gasteiger partial charge is 0.298 e. The third-order valence-electron chi connectivity index (χ3n) is 3.66. The Kier molecular flexibility index (Phi) is 4.88. The van der Waals surface area contributed by atoms with E-state index in [2.05, 4.69) is 4.90 Å². The van der Waals surface area contributed by atoms with Crippen LogP contribution in [0.5, 0.6) is 0 Å². The van der Waals surface area contributed by atoms with Crippen LogP contribution in [0.15, 0.2) is 18.2 Å². The predicted octanol–water partition coefficient (Wildman–Crippen LogP) is 4.46. The molecule has 0 amide bonds. The minimum atomic E-state index is -0.353. The van der Waals surface area contributed by atoms with E-state index in [-0.39, 0.29) is 16.2 Å². The summed E-state index contributed by atoms with van der Waals surface area (Å²) in [6, 6.07) is 5.31. The Bertz CT molecular complexity index is 411. The van der Waals surface area contributed by atoms with Crippen LogP contribution >= 0.6 is 23.2 Å². The first-order valence-corrected chi connectivity index (χ1v) is 7.18. The van der Waals surface area contributed by atoms with Crippen molar-refractivity contribution in [2.24, 2.45) is 0 Å². The zero-order valence-corrected chi connectivity index (χ0v) is 12.0. The van der Waals surface area contributed by atoms with E-state index < -0.39 is 0 Å². The molecule has 0 bridgehead atoms. The molecule has 0 saturated heterocycles. The van der Waals surface area contributed by atoms with Crippen LogP contribution in [0.4, 0.5) is 4.39 Å². The first-order valence-electron chi connectivity index (χ1n) is 6.37. The molecule has 1 fully saturated rings. The molecule has 0 aromatic heterocycles. The molecular formula is C14H18Cl2FN. The number of hydrogen-bond donors (Lipinski definition) is 0. The van der Waals surface area contributed by atoms with Crippen LogP contribution in [-0.4, -0.2) is 23.4 Å². The van der Waals surface area contributed by atoms with Gasteiger partial charge in [0.15, 0.2) is 0 Å². The van der Waals surface area contributed by atoms with Crippen molar-refractivity contribution in [3.63, 3.8) is 0 Å². The van der Waals surface area contributed by atoms with Crippen LogP contribution < -0.4 is 0 Å². The molecule has 18 heavy (non-hydrogen) atoms. The van der Waals surface area contributed by atoms with Gasteiger partial charge in [-0.25, -0.2) is 4.39 Å². The van der Waals surface area contributed by atoms with E-state index in [1.807, 2.05) is 13.1 Å². The highest BCUT2D eigenvalue weighted by Gasteiger charge is 2.26. The van der Waals surface area contributed by atoms with Crippen LogP contribution in [0.2, 0.25) is 5.02 Å². The molecule has 2 rings (SSSR count). The van der Waals surface area contributed by atoms with E-state index in [9.17, 15) is 4.39 Å². The first-order chi connectivity index (χ1) is 8.59. The summed E-state index contributed by atoms with van der Waals surface area (Å²) < 4.78 is 13.4. The Hall–Kier alpha value is -0.310. The summed E-state index contributed by atoms with van der Waals surface area (Å²) in [5, 5.41) is 0.419. The lowest BCUT2D eigenvalue weighted by Gasteiger charge is -2.35. The monoisotopic (exact) mass is 289 g/mol. The average molecular weight is 290 g/mol. The smallest absolute Gasteiger partial charge is 0.142 e. The highest BCUT2D eigenvalue weighted by Crippen LogP contribution is 2.29. The molecular weight excluding hydrogens is 272 g/mol. The van der Waals surface area contributed by atoms with Gasteiger partial charge in [0.25, 0.3) is 0 Å². The van der Waals surface area contributed by atoms with Crippen LogP contribution in [0.25, 0.3) is 0 Å². The second kappa shape index (κ2) is 6.23. The van der Waals surface area contributed by atoms with Gasteiger partial charge in [-0.2, -0.15) is 0 Å². The average Bonchev–Trinajstić information content (AvgIpc) is 2.35. The first kappa shape index (κ1) is 14.1. The minimum Gasteiger partial charge on any atom is -0.298 e. The summed E-state index contributed by atoms with van der Waals surface area (Å²) in [5.41, 5.74) is 0.827. The molecule has 100 valence electrons. The molecule has 4 heteroatoms. The van der Waals surface area contributed by atoms with Gasteiger partial charge in [-0.3, -0.25) is 4.90 Å². The summed E-state index contributed by atoms with van der Waals surface area (Å²) in [4.78, 5) is 2.19. The van der Waals surface area contributed by atoms with Crippen molar-refractivity contribution in [1.82, 2.24) is 4.90 Å². The van der Waals surface area contributed by atoms with Gasteiger partial charge in [0.2, 0.25) is 0 Å². The van der Waals surface area contributed by atoms with Gasteiger partial charge in [-0.15, -0.1) is 11.6 Å². The van der Waals surface area contributed by atoms with E-state index in [1.54, 1.807) is 6.07 Å². The summed E-state index contributed by atoms with van der Waals surface area (Å²) in [6.07, 6.45) is 4.60. The molecule has 1 nitrogen and oxygen atoms in total. The molecule has 0 spiro atoms. The number of nitrogens with zero attached hydrogens (tertiary/aromatic N) is 1.